The summed E-state index contributed by atoms with van der Waals surface area (Å²) in [7, 11) is 1.88. The van der Waals surface area contributed by atoms with Crippen LogP contribution in [0.1, 0.15) is 44.6 Å². The number of nitrogens with one attached hydrogen (secondary N) is 1. The van der Waals surface area contributed by atoms with E-state index in [4.69, 9.17) is 4.74 Å². The van der Waals surface area contributed by atoms with Gasteiger partial charge in [-0.25, -0.2) is 0 Å². The van der Waals surface area contributed by atoms with E-state index in [1.807, 2.05) is 7.11 Å². The summed E-state index contributed by atoms with van der Waals surface area (Å²) in [5, 5.41) is 3.66. The highest BCUT2D eigenvalue weighted by atomic mass is 79.9. The Hall–Kier alpha value is -0.380. The van der Waals surface area contributed by atoms with Gasteiger partial charge in [0.1, 0.15) is 0 Å². The molecule has 0 aromatic heterocycles. The fourth-order valence-corrected chi connectivity index (χ4v) is 3.85. The van der Waals surface area contributed by atoms with Gasteiger partial charge < -0.3 is 10.1 Å². The van der Waals surface area contributed by atoms with E-state index in [1.54, 1.807) is 0 Å². The summed E-state index contributed by atoms with van der Waals surface area (Å²) in [5.74, 6) is 0.711. The van der Waals surface area contributed by atoms with Crippen LogP contribution in [-0.4, -0.2) is 25.8 Å². The van der Waals surface area contributed by atoms with Gasteiger partial charge in [0.25, 0.3) is 0 Å². The molecule has 3 heteroatoms. The van der Waals surface area contributed by atoms with Crippen LogP contribution in [0.5, 0.6) is 0 Å². The zero-order chi connectivity index (χ0) is 15.1. The molecule has 1 saturated carbocycles. The Morgan fingerprint density at radius 1 is 1.19 bits per heavy atom. The zero-order valence-electron chi connectivity index (χ0n) is 13.3. The van der Waals surface area contributed by atoms with Crippen molar-refractivity contribution in [3.8, 4) is 0 Å². The first kappa shape index (κ1) is 17.0. The van der Waals surface area contributed by atoms with E-state index in [9.17, 15) is 0 Å². The smallest absolute Gasteiger partial charge is 0.0755 e. The van der Waals surface area contributed by atoms with Crippen molar-refractivity contribution in [1.29, 1.82) is 0 Å². The standard InChI is InChI=1S/C18H28BrNO/c1-3-20-17(13-14-9-11-16(19)12-10-14)18(21-2)15-7-5-4-6-8-15/h9-12,15,17-18,20H,3-8,13H2,1-2H3. The summed E-state index contributed by atoms with van der Waals surface area (Å²) >= 11 is 3.51. The van der Waals surface area contributed by atoms with Crippen LogP contribution in [0.15, 0.2) is 28.7 Å². The summed E-state index contributed by atoms with van der Waals surface area (Å²) in [4.78, 5) is 0. The van der Waals surface area contributed by atoms with Gasteiger partial charge in [-0.2, -0.15) is 0 Å². The molecule has 0 aliphatic heterocycles. The Kier molecular flexibility index (Phi) is 7.21. The van der Waals surface area contributed by atoms with Crippen LogP contribution in [-0.2, 0) is 11.2 Å². The van der Waals surface area contributed by atoms with Crippen molar-refractivity contribution >= 4 is 15.9 Å². The maximum Gasteiger partial charge on any atom is 0.0755 e. The van der Waals surface area contributed by atoms with Crippen LogP contribution in [0.2, 0.25) is 0 Å². The van der Waals surface area contributed by atoms with E-state index in [1.165, 1.54) is 37.7 Å². The highest BCUT2D eigenvalue weighted by Gasteiger charge is 2.30. The molecule has 118 valence electrons. The number of hydrogen-bond donors (Lipinski definition) is 1. The van der Waals surface area contributed by atoms with Crippen molar-refractivity contribution < 1.29 is 4.74 Å². The first-order chi connectivity index (χ1) is 10.2. The normalized spacial score (nSPS) is 19.4. The van der Waals surface area contributed by atoms with E-state index in [0.29, 0.717) is 18.1 Å². The largest absolute Gasteiger partial charge is 0.380 e. The van der Waals surface area contributed by atoms with Gasteiger partial charge in [0.2, 0.25) is 0 Å². The molecule has 1 aliphatic carbocycles. The number of ether oxygens (including phenoxy) is 1. The predicted molar refractivity (Wildman–Crippen MR) is 92.7 cm³/mol. The quantitative estimate of drug-likeness (QED) is 0.775. The number of rotatable bonds is 7. The Morgan fingerprint density at radius 2 is 1.86 bits per heavy atom. The fraction of sp³-hybridized carbons (Fsp3) is 0.667. The second-order valence-electron chi connectivity index (χ2n) is 6.09. The van der Waals surface area contributed by atoms with Crippen molar-refractivity contribution in [2.45, 2.75) is 57.6 Å². The summed E-state index contributed by atoms with van der Waals surface area (Å²) in [5.41, 5.74) is 1.38. The first-order valence-corrected chi connectivity index (χ1v) is 9.04. The van der Waals surface area contributed by atoms with Crippen molar-refractivity contribution in [3.63, 3.8) is 0 Å². The maximum atomic E-state index is 5.93. The van der Waals surface area contributed by atoms with Gasteiger partial charge in [-0.15, -0.1) is 0 Å². The van der Waals surface area contributed by atoms with Crippen LogP contribution >= 0.6 is 15.9 Å². The van der Waals surface area contributed by atoms with E-state index < -0.39 is 0 Å². The van der Waals surface area contributed by atoms with E-state index in [0.717, 1.165) is 17.4 Å². The summed E-state index contributed by atoms with van der Waals surface area (Å²) in [6.45, 7) is 3.18. The molecule has 2 nitrogen and oxygen atoms in total. The molecule has 0 radical (unpaired) electrons. The molecule has 0 bridgehead atoms. The lowest BCUT2D eigenvalue weighted by molar-refractivity contribution is 0.00869. The molecule has 21 heavy (non-hydrogen) atoms. The number of likely N-dealkylation sites (N-methyl/N-ethyl adjacent to an activating group) is 1. The molecule has 0 spiro atoms. The van der Waals surface area contributed by atoms with Crippen molar-refractivity contribution in [2.75, 3.05) is 13.7 Å². The molecule has 2 unspecified atom stereocenters. The van der Waals surface area contributed by atoms with Crippen molar-refractivity contribution in [1.82, 2.24) is 5.32 Å². The Labute approximate surface area is 137 Å². The van der Waals surface area contributed by atoms with Gasteiger partial charge in [-0.3, -0.25) is 0 Å². The zero-order valence-corrected chi connectivity index (χ0v) is 14.9. The third kappa shape index (κ3) is 5.08. The lowest BCUT2D eigenvalue weighted by Gasteiger charge is -2.35. The van der Waals surface area contributed by atoms with Gasteiger partial charge in [-0.05, 0) is 49.4 Å². The first-order valence-electron chi connectivity index (χ1n) is 8.25. The maximum absolute atomic E-state index is 5.93. The minimum atomic E-state index is 0.328. The lowest BCUT2D eigenvalue weighted by atomic mass is 9.81. The molecule has 1 aromatic carbocycles. The summed E-state index contributed by atoms with van der Waals surface area (Å²) in [6.07, 6.45) is 8.13. The van der Waals surface area contributed by atoms with Crippen LogP contribution < -0.4 is 5.32 Å². The van der Waals surface area contributed by atoms with E-state index in [-0.39, 0.29) is 0 Å². The molecule has 0 amide bonds. The average molecular weight is 354 g/mol. The average Bonchev–Trinajstić information content (AvgIpc) is 2.51. The SMILES string of the molecule is CCNC(Cc1ccc(Br)cc1)C(OC)C1CCCCC1. The molecule has 0 saturated heterocycles. The third-order valence-electron chi connectivity index (χ3n) is 4.62. The van der Waals surface area contributed by atoms with Gasteiger partial charge in [0.05, 0.1) is 6.10 Å². The Balaban J connectivity index is 2.05. The molecule has 1 aromatic rings. The number of halogens is 1. The number of benzene rings is 1. The van der Waals surface area contributed by atoms with Crippen molar-refractivity contribution in [2.24, 2.45) is 5.92 Å². The minimum Gasteiger partial charge on any atom is -0.380 e. The lowest BCUT2D eigenvalue weighted by Crippen LogP contribution is -2.46. The predicted octanol–water partition coefficient (Wildman–Crippen LogP) is 4.57. The Morgan fingerprint density at radius 3 is 2.43 bits per heavy atom. The van der Waals surface area contributed by atoms with Crippen LogP contribution in [0, 0.1) is 5.92 Å². The van der Waals surface area contributed by atoms with Gasteiger partial charge in [0.15, 0.2) is 0 Å². The minimum absolute atomic E-state index is 0.328. The molecule has 2 atom stereocenters. The number of hydrogen-bond acceptors (Lipinski definition) is 2. The van der Waals surface area contributed by atoms with Crippen molar-refractivity contribution in [3.05, 3.63) is 34.3 Å². The second kappa shape index (κ2) is 8.92. The van der Waals surface area contributed by atoms with Gasteiger partial charge in [-0.1, -0.05) is 54.2 Å². The number of methoxy groups -OCH3 is 1. The summed E-state index contributed by atoms with van der Waals surface area (Å²) < 4.78 is 7.07. The highest BCUT2D eigenvalue weighted by Crippen LogP contribution is 2.30. The topological polar surface area (TPSA) is 21.3 Å². The molecule has 1 fully saturated rings. The van der Waals surface area contributed by atoms with Gasteiger partial charge >= 0.3 is 0 Å². The van der Waals surface area contributed by atoms with Crippen LogP contribution in [0.4, 0.5) is 0 Å². The van der Waals surface area contributed by atoms with E-state index in [2.05, 4.69) is 52.4 Å². The fourth-order valence-electron chi connectivity index (χ4n) is 3.59. The molecular weight excluding hydrogens is 326 g/mol. The monoisotopic (exact) mass is 353 g/mol. The molecule has 1 aliphatic rings. The van der Waals surface area contributed by atoms with Gasteiger partial charge in [0, 0.05) is 17.6 Å². The molecule has 0 heterocycles. The third-order valence-corrected chi connectivity index (χ3v) is 5.15. The molecular formula is C18H28BrNO. The second-order valence-corrected chi connectivity index (χ2v) is 7.01. The van der Waals surface area contributed by atoms with E-state index >= 15 is 0 Å². The van der Waals surface area contributed by atoms with Crippen LogP contribution in [0.25, 0.3) is 0 Å². The molecule has 2 rings (SSSR count). The molecule has 1 N–H and O–H groups in total. The highest BCUT2D eigenvalue weighted by molar-refractivity contribution is 9.10. The van der Waals surface area contributed by atoms with Crippen LogP contribution in [0.3, 0.4) is 0 Å². The summed E-state index contributed by atoms with van der Waals surface area (Å²) in [6, 6.07) is 9.08. The Bertz CT molecular complexity index is 400.